The summed E-state index contributed by atoms with van der Waals surface area (Å²) in [7, 11) is 0. The molecule has 0 aliphatic carbocycles. The van der Waals surface area contributed by atoms with Crippen molar-refractivity contribution in [2.75, 3.05) is 39.4 Å². The standard InChI is InChI=1S/C11H22N2O/c1-2-7-13(6-1)8-3-11-4-9-14-10-5-12-11/h11-12H,1-10H2. The fourth-order valence-corrected chi connectivity index (χ4v) is 2.36. The van der Waals surface area contributed by atoms with Crippen LogP contribution in [0.15, 0.2) is 0 Å². The zero-order valence-electron chi connectivity index (χ0n) is 9.00. The molecule has 2 aliphatic rings. The van der Waals surface area contributed by atoms with Crippen molar-refractivity contribution in [2.24, 2.45) is 0 Å². The zero-order valence-corrected chi connectivity index (χ0v) is 9.00. The Balaban J connectivity index is 1.62. The van der Waals surface area contributed by atoms with E-state index in [-0.39, 0.29) is 0 Å². The highest BCUT2D eigenvalue weighted by atomic mass is 16.5. The van der Waals surface area contributed by atoms with Crippen molar-refractivity contribution < 1.29 is 4.74 Å². The maximum absolute atomic E-state index is 5.42. The fraction of sp³-hybridized carbons (Fsp3) is 1.00. The molecule has 0 aromatic heterocycles. The molecule has 3 nitrogen and oxygen atoms in total. The van der Waals surface area contributed by atoms with Crippen LogP contribution in [-0.2, 0) is 4.74 Å². The monoisotopic (exact) mass is 198 g/mol. The Hall–Kier alpha value is -0.120. The Kier molecular flexibility index (Phi) is 4.22. The van der Waals surface area contributed by atoms with Crippen molar-refractivity contribution in [3.05, 3.63) is 0 Å². The summed E-state index contributed by atoms with van der Waals surface area (Å²) >= 11 is 0. The molecule has 0 aromatic carbocycles. The van der Waals surface area contributed by atoms with Crippen LogP contribution in [0.3, 0.4) is 0 Å². The molecular formula is C11H22N2O. The van der Waals surface area contributed by atoms with E-state index < -0.39 is 0 Å². The smallest absolute Gasteiger partial charge is 0.0591 e. The van der Waals surface area contributed by atoms with Gasteiger partial charge in [-0.05, 0) is 45.3 Å². The SMILES string of the molecule is C1CCN(CCC2CCOCCN2)C1. The molecule has 14 heavy (non-hydrogen) atoms. The summed E-state index contributed by atoms with van der Waals surface area (Å²) in [5.41, 5.74) is 0. The summed E-state index contributed by atoms with van der Waals surface area (Å²) in [5, 5.41) is 3.55. The molecule has 0 amide bonds. The molecule has 2 aliphatic heterocycles. The van der Waals surface area contributed by atoms with Gasteiger partial charge in [0, 0.05) is 19.2 Å². The molecule has 0 radical (unpaired) electrons. The number of ether oxygens (including phenoxy) is 1. The van der Waals surface area contributed by atoms with Gasteiger partial charge in [-0.15, -0.1) is 0 Å². The summed E-state index contributed by atoms with van der Waals surface area (Å²) in [6.45, 7) is 6.78. The first-order valence-electron chi connectivity index (χ1n) is 5.98. The van der Waals surface area contributed by atoms with Crippen LogP contribution in [0, 0.1) is 0 Å². The highest BCUT2D eigenvalue weighted by Crippen LogP contribution is 2.10. The maximum atomic E-state index is 5.42. The van der Waals surface area contributed by atoms with E-state index in [1.807, 2.05) is 0 Å². The van der Waals surface area contributed by atoms with Crippen molar-refractivity contribution in [3.8, 4) is 0 Å². The van der Waals surface area contributed by atoms with Gasteiger partial charge >= 0.3 is 0 Å². The third-order valence-electron chi connectivity index (χ3n) is 3.28. The van der Waals surface area contributed by atoms with E-state index in [1.54, 1.807) is 0 Å². The zero-order chi connectivity index (χ0) is 9.64. The van der Waals surface area contributed by atoms with Crippen molar-refractivity contribution in [2.45, 2.75) is 31.7 Å². The van der Waals surface area contributed by atoms with Crippen LogP contribution in [0.2, 0.25) is 0 Å². The van der Waals surface area contributed by atoms with E-state index in [0.717, 1.165) is 19.8 Å². The molecule has 82 valence electrons. The first-order valence-corrected chi connectivity index (χ1v) is 5.98. The van der Waals surface area contributed by atoms with Gasteiger partial charge in [-0.25, -0.2) is 0 Å². The lowest BCUT2D eigenvalue weighted by molar-refractivity contribution is 0.149. The second kappa shape index (κ2) is 5.69. The van der Waals surface area contributed by atoms with Crippen LogP contribution in [0.5, 0.6) is 0 Å². The summed E-state index contributed by atoms with van der Waals surface area (Å²) in [4.78, 5) is 2.59. The van der Waals surface area contributed by atoms with E-state index in [2.05, 4.69) is 10.2 Å². The normalized spacial score (nSPS) is 30.4. The van der Waals surface area contributed by atoms with Crippen molar-refractivity contribution >= 4 is 0 Å². The molecule has 2 fully saturated rings. The molecule has 3 heteroatoms. The van der Waals surface area contributed by atoms with Crippen LogP contribution in [0.1, 0.15) is 25.7 Å². The predicted octanol–water partition coefficient (Wildman–Crippen LogP) is 0.851. The molecule has 0 spiro atoms. The fourth-order valence-electron chi connectivity index (χ4n) is 2.36. The third-order valence-corrected chi connectivity index (χ3v) is 3.28. The van der Waals surface area contributed by atoms with Crippen LogP contribution >= 0.6 is 0 Å². The van der Waals surface area contributed by atoms with E-state index in [0.29, 0.717) is 6.04 Å². The lowest BCUT2D eigenvalue weighted by Gasteiger charge is -2.19. The highest BCUT2D eigenvalue weighted by molar-refractivity contribution is 4.73. The molecule has 2 heterocycles. The number of nitrogens with one attached hydrogen (secondary N) is 1. The molecule has 2 saturated heterocycles. The number of likely N-dealkylation sites (tertiary alicyclic amines) is 1. The molecule has 0 aromatic rings. The van der Waals surface area contributed by atoms with E-state index in [1.165, 1.54) is 45.3 Å². The van der Waals surface area contributed by atoms with E-state index in [9.17, 15) is 0 Å². The summed E-state index contributed by atoms with van der Waals surface area (Å²) in [5.74, 6) is 0. The van der Waals surface area contributed by atoms with E-state index >= 15 is 0 Å². The minimum atomic E-state index is 0.693. The second-order valence-electron chi connectivity index (χ2n) is 4.39. The summed E-state index contributed by atoms with van der Waals surface area (Å²) in [6, 6.07) is 0.693. The number of hydrogen-bond acceptors (Lipinski definition) is 3. The first-order chi connectivity index (χ1) is 6.95. The van der Waals surface area contributed by atoms with Crippen LogP contribution < -0.4 is 5.32 Å². The van der Waals surface area contributed by atoms with Gasteiger partial charge in [0.15, 0.2) is 0 Å². The Labute approximate surface area is 86.8 Å². The average Bonchev–Trinajstić information content (AvgIpc) is 2.58. The molecule has 0 saturated carbocycles. The third kappa shape index (κ3) is 3.23. The number of nitrogens with zero attached hydrogens (tertiary/aromatic N) is 1. The van der Waals surface area contributed by atoms with Gasteiger partial charge in [0.05, 0.1) is 6.61 Å². The predicted molar refractivity (Wildman–Crippen MR) is 57.5 cm³/mol. The van der Waals surface area contributed by atoms with Crippen molar-refractivity contribution in [1.82, 2.24) is 10.2 Å². The second-order valence-corrected chi connectivity index (χ2v) is 4.39. The van der Waals surface area contributed by atoms with Crippen molar-refractivity contribution in [1.29, 1.82) is 0 Å². The maximum Gasteiger partial charge on any atom is 0.0591 e. The molecule has 1 atom stereocenters. The molecule has 2 rings (SSSR count). The minimum Gasteiger partial charge on any atom is -0.380 e. The minimum absolute atomic E-state index is 0.693. The van der Waals surface area contributed by atoms with Gasteiger partial charge in [-0.1, -0.05) is 0 Å². The Morgan fingerprint density at radius 2 is 2.07 bits per heavy atom. The van der Waals surface area contributed by atoms with E-state index in [4.69, 9.17) is 4.74 Å². The van der Waals surface area contributed by atoms with Crippen molar-refractivity contribution in [3.63, 3.8) is 0 Å². The summed E-state index contributed by atoms with van der Waals surface area (Å²) < 4.78 is 5.42. The van der Waals surface area contributed by atoms with Gasteiger partial charge in [0.25, 0.3) is 0 Å². The quantitative estimate of drug-likeness (QED) is 0.727. The molecule has 0 bridgehead atoms. The van der Waals surface area contributed by atoms with Gasteiger partial charge < -0.3 is 15.0 Å². The highest BCUT2D eigenvalue weighted by Gasteiger charge is 2.15. The lowest BCUT2D eigenvalue weighted by atomic mass is 10.1. The van der Waals surface area contributed by atoms with Gasteiger partial charge in [0.1, 0.15) is 0 Å². The Bertz CT molecular complexity index is 149. The van der Waals surface area contributed by atoms with Gasteiger partial charge in [0.2, 0.25) is 0 Å². The summed E-state index contributed by atoms with van der Waals surface area (Å²) in [6.07, 6.45) is 5.29. The first kappa shape index (κ1) is 10.4. The van der Waals surface area contributed by atoms with Gasteiger partial charge in [-0.3, -0.25) is 0 Å². The molecule has 1 N–H and O–H groups in total. The number of rotatable bonds is 3. The Morgan fingerprint density at radius 3 is 2.93 bits per heavy atom. The topological polar surface area (TPSA) is 24.5 Å². The van der Waals surface area contributed by atoms with Crippen LogP contribution in [0.25, 0.3) is 0 Å². The number of hydrogen-bond donors (Lipinski definition) is 1. The van der Waals surface area contributed by atoms with Crippen LogP contribution in [0.4, 0.5) is 0 Å². The molecule has 1 unspecified atom stereocenters. The average molecular weight is 198 g/mol. The lowest BCUT2D eigenvalue weighted by Crippen LogP contribution is -2.33. The van der Waals surface area contributed by atoms with Gasteiger partial charge in [-0.2, -0.15) is 0 Å². The Morgan fingerprint density at radius 1 is 1.21 bits per heavy atom. The molecular weight excluding hydrogens is 176 g/mol. The van der Waals surface area contributed by atoms with Crippen LogP contribution in [-0.4, -0.2) is 50.3 Å². The largest absolute Gasteiger partial charge is 0.380 e.